The molecule has 0 spiro atoms. The summed E-state index contributed by atoms with van der Waals surface area (Å²) in [5, 5.41) is 14.0. The molecular formula is C18H26N4O3. The molecule has 1 aromatic carbocycles. The van der Waals surface area contributed by atoms with Gasteiger partial charge in [-0.1, -0.05) is 5.16 Å². The van der Waals surface area contributed by atoms with Crippen molar-refractivity contribution in [1.82, 2.24) is 19.9 Å². The second-order valence-electron chi connectivity index (χ2n) is 7.10. The van der Waals surface area contributed by atoms with Crippen molar-refractivity contribution in [3.8, 4) is 17.1 Å². The van der Waals surface area contributed by atoms with Crippen LogP contribution in [0.4, 0.5) is 0 Å². The first-order valence-electron chi connectivity index (χ1n) is 8.57. The summed E-state index contributed by atoms with van der Waals surface area (Å²) in [6.07, 6.45) is 0. The molecule has 0 bridgehead atoms. The van der Waals surface area contributed by atoms with Crippen LogP contribution in [0.5, 0.6) is 5.75 Å². The van der Waals surface area contributed by atoms with E-state index in [1.54, 1.807) is 7.11 Å². The van der Waals surface area contributed by atoms with Gasteiger partial charge in [-0.3, -0.25) is 9.80 Å². The third-order valence-electron chi connectivity index (χ3n) is 4.25. The summed E-state index contributed by atoms with van der Waals surface area (Å²) >= 11 is 0. The third-order valence-corrected chi connectivity index (χ3v) is 4.25. The van der Waals surface area contributed by atoms with E-state index in [4.69, 9.17) is 9.26 Å². The SMILES string of the molecule is COc1ccc(-c2noc(CN3CCN(CC(C)(C)O)CC3)n2)cc1. The van der Waals surface area contributed by atoms with Crippen LogP contribution in [-0.2, 0) is 6.54 Å². The normalized spacial score (nSPS) is 17.0. The first kappa shape index (κ1) is 17.8. The van der Waals surface area contributed by atoms with Crippen molar-refractivity contribution >= 4 is 0 Å². The van der Waals surface area contributed by atoms with Gasteiger partial charge in [0.2, 0.25) is 11.7 Å². The summed E-state index contributed by atoms with van der Waals surface area (Å²) in [6.45, 7) is 8.76. The minimum atomic E-state index is -0.651. The molecular weight excluding hydrogens is 320 g/mol. The number of benzene rings is 1. The maximum absolute atomic E-state index is 9.92. The van der Waals surface area contributed by atoms with Crippen molar-refractivity contribution in [3.63, 3.8) is 0 Å². The van der Waals surface area contributed by atoms with Gasteiger partial charge in [0.1, 0.15) is 5.75 Å². The standard InChI is InChI=1S/C18H26N4O3/c1-18(2,23)13-22-10-8-21(9-11-22)12-16-19-17(20-25-16)14-4-6-15(24-3)7-5-14/h4-7,23H,8-13H2,1-3H3. The fraction of sp³-hybridized carbons (Fsp3) is 0.556. The van der Waals surface area contributed by atoms with E-state index in [-0.39, 0.29) is 0 Å². The van der Waals surface area contributed by atoms with Gasteiger partial charge in [0.05, 0.1) is 19.3 Å². The predicted molar refractivity (Wildman–Crippen MR) is 94.3 cm³/mol. The average Bonchev–Trinajstić information content (AvgIpc) is 3.04. The van der Waals surface area contributed by atoms with E-state index < -0.39 is 5.60 Å². The molecule has 0 saturated carbocycles. The Morgan fingerprint density at radius 1 is 1.12 bits per heavy atom. The van der Waals surface area contributed by atoms with Crippen LogP contribution >= 0.6 is 0 Å². The minimum absolute atomic E-state index is 0.596. The van der Waals surface area contributed by atoms with Crippen molar-refractivity contribution < 1.29 is 14.4 Å². The van der Waals surface area contributed by atoms with Gasteiger partial charge in [-0.2, -0.15) is 4.98 Å². The lowest BCUT2D eigenvalue weighted by atomic mass is 10.1. The Balaban J connectivity index is 1.53. The Bertz CT molecular complexity index is 670. The van der Waals surface area contributed by atoms with Gasteiger partial charge in [0, 0.05) is 38.3 Å². The van der Waals surface area contributed by atoms with Gasteiger partial charge in [0.15, 0.2) is 0 Å². The maximum Gasteiger partial charge on any atom is 0.241 e. The Hall–Kier alpha value is -1.96. The molecule has 1 saturated heterocycles. The molecule has 3 rings (SSSR count). The van der Waals surface area contributed by atoms with E-state index in [9.17, 15) is 5.11 Å². The van der Waals surface area contributed by atoms with Gasteiger partial charge in [-0.05, 0) is 38.1 Å². The minimum Gasteiger partial charge on any atom is -0.497 e. The first-order valence-corrected chi connectivity index (χ1v) is 8.57. The fourth-order valence-electron chi connectivity index (χ4n) is 3.02. The number of hydrogen-bond acceptors (Lipinski definition) is 7. The number of β-amino-alcohol motifs (C(OH)–C–C–N with tert-alkyl or cyclic N) is 1. The molecule has 0 atom stereocenters. The highest BCUT2D eigenvalue weighted by Gasteiger charge is 2.23. The zero-order valence-corrected chi connectivity index (χ0v) is 15.1. The number of aliphatic hydroxyl groups is 1. The lowest BCUT2D eigenvalue weighted by Gasteiger charge is -2.36. The predicted octanol–water partition coefficient (Wildman–Crippen LogP) is 1.63. The van der Waals surface area contributed by atoms with E-state index in [0.717, 1.165) is 37.5 Å². The smallest absolute Gasteiger partial charge is 0.241 e. The summed E-state index contributed by atoms with van der Waals surface area (Å²) in [4.78, 5) is 9.08. The molecule has 7 nitrogen and oxygen atoms in total. The van der Waals surface area contributed by atoms with E-state index in [1.165, 1.54) is 0 Å². The van der Waals surface area contributed by atoms with Crippen molar-refractivity contribution in [2.24, 2.45) is 0 Å². The second kappa shape index (κ2) is 7.51. The van der Waals surface area contributed by atoms with Gasteiger partial charge >= 0.3 is 0 Å². The van der Waals surface area contributed by atoms with Crippen LogP contribution in [0.15, 0.2) is 28.8 Å². The van der Waals surface area contributed by atoms with Crippen molar-refractivity contribution in [2.45, 2.75) is 26.0 Å². The number of aromatic nitrogens is 2. The molecule has 25 heavy (non-hydrogen) atoms. The molecule has 0 unspecified atom stereocenters. The van der Waals surface area contributed by atoms with Crippen molar-refractivity contribution in [1.29, 1.82) is 0 Å². The summed E-state index contributed by atoms with van der Waals surface area (Å²) in [5.74, 6) is 2.02. The summed E-state index contributed by atoms with van der Waals surface area (Å²) < 4.78 is 10.6. The zero-order valence-electron chi connectivity index (χ0n) is 15.1. The third kappa shape index (κ3) is 5.01. The van der Waals surface area contributed by atoms with Crippen LogP contribution in [-0.4, -0.2) is 70.5 Å². The number of nitrogens with zero attached hydrogens (tertiary/aromatic N) is 4. The molecule has 0 radical (unpaired) electrons. The fourth-order valence-corrected chi connectivity index (χ4v) is 3.02. The van der Waals surface area contributed by atoms with E-state index in [0.29, 0.717) is 24.8 Å². The molecule has 1 N–H and O–H groups in total. The van der Waals surface area contributed by atoms with Crippen LogP contribution in [0.1, 0.15) is 19.7 Å². The zero-order chi connectivity index (χ0) is 17.9. The quantitative estimate of drug-likeness (QED) is 0.852. The highest BCUT2D eigenvalue weighted by molar-refractivity contribution is 5.55. The van der Waals surface area contributed by atoms with Crippen LogP contribution in [0.3, 0.4) is 0 Å². The topological polar surface area (TPSA) is 74.9 Å². The van der Waals surface area contributed by atoms with Gasteiger partial charge in [-0.15, -0.1) is 0 Å². The molecule has 0 amide bonds. The molecule has 1 aliphatic heterocycles. The number of hydrogen-bond donors (Lipinski definition) is 1. The monoisotopic (exact) mass is 346 g/mol. The average molecular weight is 346 g/mol. The van der Waals surface area contributed by atoms with Crippen LogP contribution in [0, 0.1) is 0 Å². The van der Waals surface area contributed by atoms with Crippen molar-refractivity contribution in [3.05, 3.63) is 30.2 Å². The summed E-state index contributed by atoms with van der Waals surface area (Å²) in [7, 11) is 1.64. The number of piperazine rings is 1. The Labute approximate surface area is 148 Å². The maximum atomic E-state index is 9.92. The van der Waals surface area contributed by atoms with Crippen molar-refractivity contribution in [2.75, 3.05) is 39.8 Å². The largest absolute Gasteiger partial charge is 0.497 e. The molecule has 1 aliphatic rings. The second-order valence-corrected chi connectivity index (χ2v) is 7.10. The molecule has 2 heterocycles. The molecule has 136 valence electrons. The number of ether oxygens (including phenoxy) is 1. The Morgan fingerprint density at radius 3 is 2.36 bits per heavy atom. The highest BCUT2D eigenvalue weighted by Crippen LogP contribution is 2.20. The first-order chi connectivity index (χ1) is 11.9. The van der Waals surface area contributed by atoms with Gasteiger partial charge in [-0.25, -0.2) is 0 Å². The van der Waals surface area contributed by atoms with Crippen LogP contribution < -0.4 is 4.74 Å². The van der Waals surface area contributed by atoms with E-state index in [2.05, 4.69) is 19.9 Å². The van der Waals surface area contributed by atoms with Crippen LogP contribution in [0.2, 0.25) is 0 Å². The summed E-state index contributed by atoms with van der Waals surface area (Å²) in [5.41, 5.74) is 0.257. The number of methoxy groups -OCH3 is 1. The van der Waals surface area contributed by atoms with Gasteiger partial charge < -0.3 is 14.4 Å². The van der Waals surface area contributed by atoms with E-state index in [1.807, 2.05) is 38.1 Å². The Morgan fingerprint density at radius 2 is 1.76 bits per heavy atom. The van der Waals surface area contributed by atoms with E-state index >= 15 is 0 Å². The molecule has 1 fully saturated rings. The highest BCUT2D eigenvalue weighted by atomic mass is 16.5. The molecule has 0 aliphatic carbocycles. The van der Waals surface area contributed by atoms with Crippen LogP contribution in [0.25, 0.3) is 11.4 Å². The summed E-state index contributed by atoms with van der Waals surface area (Å²) in [6, 6.07) is 7.60. The molecule has 7 heteroatoms. The number of rotatable bonds is 6. The molecule has 2 aromatic rings. The Kier molecular flexibility index (Phi) is 5.36. The lowest BCUT2D eigenvalue weighted by molar-refractivity contribution is 0.0153. The van der Waals surface area contributed by atoms with Gasteiger partial charge in [0.25, 0.3) is 0 Å². The lowest BCUT2D eigenvalue weighted by Crippen LogP contribution is -2.50. The molecule has 1 aromatic heterocycles.